The lowest BCUT2D eigenvalue weighted by molar-refractivity contribution is -0.144. The maximum absolute atomic E-state index is 12.0. The molecule has 1 N–H and O–H groups in total. The first kappa shape index (κ1) is 11.9. The third-order valence-corrected chi connectivity index (χ3v) is 7.28. The van der Waals surface area contributed by atoms with Gasteiger partial charge in [-0.2, -0.15) is 0 Å². The zero-order chi connectivity index (χ0) is 12.3. The molecule has 0 amide bonds. The fraction of sp³-hybridized carbons (Fsp3) is 1.00. The average molecular weight is 260 g/mol. The molecule has 2 atom stereocenters. The van der Waals surface area contributed by atoms with Gasteiger partial charge >= 0.3 is 0 Å². The second-order valence-electron chi connectivity index (χ2n) is 6.52. The minimum atomic E-state index is -2.94. The smallest absolute Gasteiger partial charge is 0.156 e. The Labute approximate surface area is 102 Å². The van der Waals surface area contributed by atoms with Crippen LogP contribution in [0.5, 0.6) is 0 Å². The van der Waals surface area contributed by atoms with Crippen LogP contribution >= 0.6 is 0 Å². The van der Waals surface area contributed by atoms with Crippen molar-refractivity contribution in [3.05, 3.63) is 0 Å². The van der Waals surface area contributed by atoms with Gasteiger partial charge in [-0.15, -0.1) is 0 Å². The lowest BCUT2D eigenvalue weighted by atomic mass is 9.74. The number of fused-ring (bicyclic) bond motifs is 2. The van der Waals surface area contributed by atoms with E-state index in [0.29, 0.717) is 32.5 Å². The van der Waals surface area contributed by atoms with E-state index in [0.717, 1.165) is 12.8 Å². The molecule has 0 aliphatic carbocycles. The molecule has 98 valence electrons. The number of rotatable bonds is 2. The molecular formula is C12H20O4S. The summed E-state index contributed by atoms with van der Waals surface area (Å²) in [6, 6.07) is 0. The van der Waals surface area contributed by atoms with Crippen molar-refractivity contribution in [2.45, 2.75) is 55.1 Å². The molecular weight excluding hydrogens is 240 g/mol. The Morgan fingerprint density at radius 2 is 1.76 bits per heavy atom. The Balaban J connectivity index is 1.78. The van der Waals surface area contributed by atoms with Crippen LogP contribution in [-0.2, 0) is 14.6 Å². The largest absolute Gasteiger partial charge is 0.390 e. The zero-order valence-corrected chi connectivity index (χ0v) is 11.0. The van der Waals surface area contributed by atoms with Gasteiger partial charge in [0.15, 0.2) is 9.84 Å². The molecule has 3 heterocycles. The van der Waals surface area contributed by atoms with Crippen molar-refractivity contribution in [2.24, 2.45) is 5.41 Å². The van der Waals surface area contributed by atoms with Crippen molar-refractivity contribution < 1.29 is 18.3 Å². The van der Waals surface area contributed by atoms with Crippen LogP contribution in [0.1, 0.15) is 39.0 Å². The topological polar surface area (TPSA) is 63.6 Å². The Hall–Kier alpha value is -0.130. The van der Waals surface area contributed by atoms with Crippen molar-refractivity contribution in [1.29, 1.82) is 0 Å². The highest BCUT2D eigenvalue weighted by molar-refractivity contribution is 7.93. The van der Waals surface area contributed by atoms with E-state index in [-0.39, 0.29) is 15.9 Å². The first-order valence-corrected chi connectivity index (χ1v) is 7.97. The second-order valence-corrected chi connectivity index (χ2v) is 9.03. The fourth-order valence-electron chi connectivity index (χ4n) is 3.83. The molecule has 0 aromatic heterocycles. The van der Waals surface area contributed by atoms with Gasteiger partial charge in [-0.05, 0) is 32.1 Å². The highest BCUT2D eigenvalue weighted by atomic mass is 32.2. The molecule has 17 heavy (non-hydrogen) atoms. The Kier molecular flexibility index (Phi) is 2.42. The summed E-state index contributed by atoms with van der Waals surface area (Å²) in [5.74, 6) is 0. The van der Waals surface area contributed by atoms with Crippen LogP contribution in [0.15, 0.2) is 0 Å². The van der Waals surface area contributed by atoms with Gasteiger partial charge in [0.05, 0.1) is 29.3 Å². The average Bonchev–Trinajstić information content (AvgIpc) is 2.37. The minimum Gasteiger partial charge on any atom is -0.390 e. The zero-order valence-electron chi connectivity index (χ0n) is 10.2. The van der Waals surface area contributed by atoms with Crippen LogP contribution < -0.4 is 0 Å². The van der Waals surface area contributed by atoms with Gasteiger partial charge in [0.25, 0.3) is 0 Å². The van der Waals surface area contributed by atoms with Gasteiger partial charge in [-0.3, -0.25) is 0 Å². The van der Waals surface area contributed by atoms with Gasteiger partial charge < -0.3 is 9.84 Å². The number of aliphatic hydroxyl groups is 1. The van der Waals surface area contributed by atoms with Crippen molar-refractivity contribution in [1.82, 2.24) is 0 Å². The molecule has 0 radical (unpaired) electrons. The predicted octanol–water partition coefficient (Wildman–Crippen LogP) is 0.884. The van der Waals surface area contributed by atoms with Crippen LogP contribution in [0.4, 0.5) is 0 Å². The predicted molar refractivity (Wildman–Crippen MR) is 63.5 cm³/mol. The maximum atomic E-state index is 12.0. The van der Waals surface area contributed by atoms with E-state index in [1.54, 1.807) is 0 Å². The molecule has 5 heteroatoms. The van der Waals surface area contributed by atoms with E-state index in [2.05, 4.69) is 6.92 Å². The quantitative estimate of drug-likeness (QED) is 0.800. The third-order valence-electron chi connectivity index (χ3n) is 4.61. The summed E-state index contributed by atoms with van der Waals surface area (Å²) < 4.78 is 29.2. The molecule has 2 unspecified atom stereocenters. The molecule has 4 nitrogen and oxygen atoms in total. The fourth-order valence-corrected chi connectivity index (χ4v) is 6.39. The number of ether oxygens (including phenoxy) is 1. The summed E-state index contributed by atoms with van der Waals surface area (Å²) in [7, 11) is -2.94. The maximum Gasteiger partial charge on any atom is 0.156 e. The third kappa shape index (κ3) is 1.83. The van der Waals surface area contributed by atoms with Crippen molar-refractivity contribution in [3.8, 4) is 0 Å². The van der Waals surface area contributed by atoms with Crippen LogP contribution in [0.25, 0.3) is 0 Å². The Bertz CT molecular complexity index is 404. The van der Waals surface area contributed by atoms with Gasteiger partial charge in [0.2, 0.25) is 0 Å². The lowest BCUT2D eigenvalue weighted by Crippen LogP contribution is -2.52. The van der Waals surface area contributed by atoms with Crippen molar-refractivity contribution in [2.75, 3.05) is 13.2 Å². The van der Waals surface area contributed by atoms with Gasteiger partial charge in [-0.25, -0.2) is 8.42 Å². The SMILES string of the molecule is CC1(CC2(O)CC3CCC(C2)S3(=O)=O)COC1. The highest BCUT2D eigenvalue weighted by Crippen LogP contribution is 2.48. The van der Waals surface area contributed by atoms with E-state index in [4.69, 9.17) is 4.74 Å². The molecule has 0 saturated carbocycles. The molecule has 3 fully saturated rings. The molecule has 3 rings (SSSR count). The summed E-state index contributed by atoms with van der Waals surface area (Å²) in [4.78, 5) is 0. The first-order valence-electron chi connectivity index (χ1n) is 6.36. The van der Waals surface area contributed by atoms with E-state index >= 15 is 0 Å². The summed E-state index contributed by atoms with van der Waals surface area (Å²) in [5, 5.41) is 10.1. The molecule has 0 aromatic rings. The van der Waals surface area contributed by atoms with Crippen molar-refractivity contribution >= 4 is 9.84 Å². The summed E-state index contributed by atoms with van der Waals surface area (Å²) in [6.45, 7) is 3.49. The first-order chi connectivity index (χ1) is 7.83. The van der Waals surface area contributed by atoms with E-state index < -0.39 is 15.4 Å². The number of sulfone groups is 1. The van der Waals surface area contributed by atoms with Crippen molar-refractivity contribution in [3.63, 3.8) is 0 Å². The molecule has 3 aliphatic rings. The van der Waals surface area contributed by atoms with Crippen LogP contribution in [0.3, 0.4) is 0 Å². The van der Waals surface area contributed by atoms with Crippen LogP contribution in [0.2, 0.25) is 0 Å². The molecule has 2 bridgehead atoms. The highest BCUT2D eigenvalue weighted by Gasteiger charge is 2.54. The Morgan fingerprint density at radius 3 is 2.18 bits per heavy atom. The molecule has 3 saturated heterocycles. The van der Waals surface area contributed by atoms with Crippen LogP contribution in [0, 0.1) is 5.41 Å². The van der Waals surface area contributed by atoms with Gasteiger partial charge in [0.1, 0.15) is 0 Å². The van der Waals surface area contributed by atoms with E-state index in [1.807, 2.05) is 0 Å². The standard InChI is InChI=1S/C12H20O4S/c1-11(7-16-8-11)6-12(13)4-9-2-3-10(5-12)17(9,14)15/h9-10,13H,2-8H2,1H3. The molecule has 0 aromatic carbocycles. The van der Waals surface area contributed by atoms with Crippen LogP contribution in [-0.4, -0.2) is 42.8 Å². The number of hydrogen-bond donors (Lipinski definition) is 1. The monoisotopic (exact) mass is 260 g/mol. The Morgan fingerprint density at radius 1 is 1.24 bits per heavy atom. The molecule has 3 aliphatic heterocycles. The van der Waals surface area contributed by atoms with Gasteiger partial charge in [0, 0.05) is 5.41 Å². The summed E-state index contributed by atoms with van der Waals surface area (Å²) in [6.07, 6.45) is 3.02. The van der Waals surface area contributed by atoms with E-state index in [9.17, 15) is 13.5 Å². The van der Waals surface area contributed by atoms with E-state index in [1.165, 1.54) is 0 Å². The minimum absolute atomic E-state index is 0.0509. The number of hydrogen-bond acceptors (Lipinski definition) is 4. The summed E-state index contributed by atoms with van der Waals surface area (Å²) in [5.41, 5.74) is -0.731. The summed E-state index contributed by atoms with van der Waals surface area (Å²) >= 11 is 0. The van der Waals surface area contributed by atoms with Gasteiger partial charge in [-0.1, -0.05) is 6.92 Å². The molecule has 0 spiro atoms. The second kappa shape index (κ2) is 3.45. The normalized spacial score (nSPS) is 46.5. The lowest BCUT2D eigenvalue weighted by Gasteiger charge is -2.46.